The van der Waals surface area contributed by atoms with E-state index in [1.165, 1.54) is 0 Å². The standard InChI is InChI=1S/C28H33N3O4S/c1-22(24-6-4-3-5-7-24)29-36(33,34)27-15-8-23(9-16-27)10-17-28(32)31-20-18-30(19-21-31)25-11-13-26(35-2)14-12-25/h3-9,11-16,22,29H,10,17-21H2,1-2H3/t22-/m1/s1. The summed E-state index contributed by atoms with van der Waals surface area (Å²) in [6, 6.07) is 23.9. The number of anilines is 1. The fourth-order valence-corrected chi connectivity index (χ4v) is 5.59. The molecule has 3 aromatic carbocycles. The van der Waals surface area contributed by atoms with Crippen LogP contribution in [0.4, 0.5) is 5.69 Å². The Hall–Kier alpha value is -3.36. The summed E-state index contributed by atoms with van der Waals surface area (Å²) in [4.78, 5) is 17.2. The monoisotopic (exact) mass is 507 g/mol. The van der Waals surface area contributed by atoms with Gasteiger partial charge in [0.05, 0.1) is 12.0 Å². The van der Waals surface area contributed by atoms with Crippen molar-refractivity contribution in [3.8, 4) is 5.75 Å². The van der Waals surface area contributed by atoms with E-state index in [0.717, 1.165) is 35.7 Å². The fraction of sp³-hybridized carbons (Fsp3) is 0.321. The third kappa shape index (κ3) is 6.44. The van der Waals surface area contributed by atoms with Gasteiger partial charge >= 0.3 is 0 Å². The second-order valence-electron chi connectivity index (χ2n) is 8.96. The van der Waals surface area contributed by atoms with Crippen LogP contribution in [-0.4, -0.2) is 52.5 Å². The van der Waals surface area contributed by atoms with E-state index < -0.39 is 10.0 Å². The number of sulfonamides is 1. The Morgan fingerprint density at radius 2 is 1.56 bits per heavy atom. The lowest BCUT2D eigenvalue weighted by Gasteiger charge is -2.36. The lowest BCUT2D eigenvalue weighted by atomic mass is 10.1. The predicted molar refractivity (Wildman–Crippen MR) is 142 cm³/mol. The van der Waals surface area contributed by atoms with Crippen LogP contribution in [0.1, 0.15) is 30.5 Å². The highest BCUT2D eigenvalue weighted by Gasteiger charge is 2.22. The highest BCUT2D eigenvalue weighted by Crippen LogP contribution is 2.21. The summed E-state index contributed by atoms with van der Waals surface area (Å²) >= 11 is 0. The van der Waals surface area contributed by atoms with Crippen LogP contribution in [-0.2, 0) is 21.2 Å². The zero-order chi connectivity index (χ0) is 25.5. The van der Waals surface area contributed by atoms with Crippen LogP contribution < -0.4 is 14.4 Å². The number of methoxy groups -OCH3 is 1. The van der Waals surface area contributed by atoms with E-state index >= 15 is 0 Å². The van der Waals surface area contributed by atoms with Crippen molar-refractivity contribution in [2.75, 3.05) is 38.2 Å². The molecule has 1 fully saturated rings. The molecule has 4 rings (SSSR count). The van der Waals surface area contributed by atoms with Gasteiger partial charge in [0.1, 0.15) is 5.75 Å². The predicted octanol–water partition coefficient (Wildman–Crippen LogP) is 4.02. The van der Waals surface area contributed by atoms with Gasteiger partial charge in [0.25, 0.3) is 0 Å². The maximum atomic E-state index is 12.8. The van der Waals surface area contributed by atoms with Gasteiger partial charge in [-0.1, -0.05) is 42.5 Å². The number of piperazine rings is 1. The van der Waals surface area contributed by atoms with Crippen LogP contribution in [0, 0.1) is 0 Å². The first-order chi connectivity index (χ1) is 17.4. The molecule has 1 N–H and O–H groups in total. The lowest BCUT2D eigenvalue weighted by molar-refractivity contribution is -0.131. The van der Waals surface area contributed by atoms with E-state index in [9.17, 15) is 13.2 Å². The van der Waals surface area contributed by atoms with Gasteiger partial charge in [-0.15, -0.1) is 0 Å². The molecule has 0 aliphatic carbocycles. The molecule has 0 unspecified atom stereocenters. The first kappa shape index (κ1) is 25.7. The number of hydrogen-bond donors (Lipinski definition) is 1. The second kappa shape index (κ2) is 11.6. The minimum absolute atomic E-state index is 0.124. The van der Waals surface area contributed by atoms with Gasteiger partial charge in [-0.2, -0.15) is 0 Å². The minimum atomic E-state index is -3.64. The van der Waals surface area contributed by atoms with Crippen LogP contribution in [0.25, 0.3) is 0 Å². The molecule has 1 aliphatic heterocycles. The van der Waals surface area contributed by atoms with E-state index in [4.69, 9.17) is 4.74 Å². The average molecular weight is 508 g/mol. The number of carbonyl (C=O) groups excluding carboxylic acids is 1. The van der Waals surface area contributed by atoms with Gasteiger partial charge in [-0.05, 0) is 60.9 Å². The highest BCUT2D eigenvalue weighted by atomic mass is 32.2. The summed E-state index contributed by atoms with van der Waals surface area (Å²) in [5, 5.41) is 0. The van der Waals surface area contributed by atoms with Crippen LogP contribution in [0.2, 0.25) is 0 Å². The Balaban J connectivity index is 1.26. The molecule has 0 aromatic heterocycles. The molecule has 3 aromatic rings. The first-order valence-electron chi connectivity index (χ1n) is 12.2. The summed E-state index contributed by atoms with van der Waals surface area (Å²) in [5.74, 6) is 0.954. The Morgan fingerprint density at radius 3 is 2.17 bits per heavy atom. The maximum absolute atomic E-state index is 12.8. The largest absolute Gasteiger partial charge is 0.497 e. The van der Waals surface area contributed by atoms with Crippen LogP contribution in [0.3, 0.4) is 0 Å². The van der Waals surface area contributed by atoms with E-state index in [-0.39, 0.29) is 16.8 Å². The molecule has 36 heavy (non-hydrogen) atoms. The quantitative estimate of drug-likeness (QED) is 0.473. The molecule has 1 saturated heterocycles. The molecule has 0 spiro atoms. The van der Waals surface area contributed by atoms with E-state index in [1.807, 2.05) is 66.4 Å². The van der Waals surface area contributed by atoms with Gasteiger partial charge in [0.15, 0.2) is 0 Å². The minimum Gasteiger partial charge on any atom is -0.497 e. The Morgan fingerprint density at radius 1 is 0.917 bits per heavy atom. The van der Waals surface area contributed by atoms with E-state index in [1.54, 1.807) is 31.4 Å². The summed E-state index contributed by atoms with van der Waals surface area (Å²) in [7, 11) is -1.99. The Labute approximate surface area is 213 Å². The molecule has 7 nitrogen and oxygen atoms in total. The zero-order valence-electron chi connectivity index (χ0n) is 20.8. The van der Waals surface area contributed by atoms with Crippen molar-refractivity contribution in [1.29, 1.82) is 0 Å². The number of aryl methyl sites for hydroxylation is 1. The summed E-state index contributed by atoms with van der Waals surface area (Å²) < 4.78 is 33.5. The zero-order valence-corrected chi connectivity index (χ0v) is 21.6. The van der Waals surface area contributed by atoms with E-state index in [2.05, 4.69) is 9.62 Å². The number of carbonyl (C=O) groups is 1. The molecule has 190 valence electrons. The van der Waals surface area contributed by atoms with Gasteiger partial charge in [0.2, 0.25) is 15.9 Å². The van der Waals surface area contributed by atoms with Crippen molar-refractivity contribution in [3.63, 3.8) is 0 Å². The van der Waals surface area contributed by atoms with Crippen molar-refractivity contribution >= 4 is 21.6 Å². The van der Waals surface area contributed by atoms with Gasteiger partial charge in [0, 0.05) is 44.3 Å². The van der Waals surface area contributed by atoms with Crippen molar-refractivity contribution in [2.24, 2.45) is 0 Å². The summed E-state index contributed by atoms with van der Waals surface area (Å²) in [5.41, 5.74) is 2.97. The number of rotatable bonds is 9. The van der Waals surface area contributed by atoms with E-state index in [0.29, 0.717) is 25.9 Å². The molecule has 1 heterocycles. The van der Waals surface area contributed by atoms with Crippen molar-refractivity contribution < 1.29 is 17.9 Å². The molecule has 0 radical (unpaired) electrons. The SMILES string of the molecule is COc1ccc(N2CCN(C(=O)CCc3ccc(S(=O)(=O)N[C@H](C)c4ccccc4)cc3)CC2)cc1. The number of benzene rings is 3. The molecule has 1 aliphatic rings. The topological polar surface area (TPSA) is 79.0 Å². The van der Waals surface area contributed by atoms with Crippen LogP contribution in [0.15, 0.2) is 83.8 Å². The molecule has 0 bridgehead atoms. The average Bonchev–Trinajstić information content (AvgIpc) is 2.92. The van der Waals surface area contributed by atoms with Crippen LogP contribution >= 0.6 is 0 Å². The Bertz CT molecular complexity index is 1240. The van der Waals surface area contributed by atoms with Gasteiger partial charge < -0.3 is 14.5 Å². The summed E-state index contributed by atoms with van der Waals surface area (Å²) in [6.45, 7) is 4.78. The fourth-order valence-electron chi connectivity index (χ4n) is 4.36. The van der Waals surface area contributed by atoms with Crippen molar-refractivity contribution in [1.82, 2.24) is 9.62 Å². The van der Waals surface area contributed by atoms with Crippen LogP contribution in [0.5, 0.6) is 5.75 Å². The molecular weight excluding hydrogens is 474 g/mol. The van der Waals surface area contributed by atoms with Crippen molar-refractivity contribution in [3.05, 3.63) is 90.0 Å². The van der Waals surface area contributed by atoms with Gasteiger partial charge in [-0.25, -0.2) is 13.1 Å². The maximum Gasteiger partial charge on any atom is 0.241 e. The second-order valence-corrected chi connectivity index (χ2v) is 10.7. The van der Waals surface area contributed by atoms with Crippen molar-refractivity contribution in [2.45, 2.75) is 30.7 Å². The molecule has 8 heteroatoms. The smallest absolute Gasteiger partial charge is 0.241 e. The Kier molecular flexibility index (Phi) is 8.28. The molecular formula is C28H33N3O4S. The third-order valence-corrected chi connectivity index (χ3v) is 8.12. The first-order valence-corrected chi connectivity index (χ1v) is 13.7. The number of amides is 1. The lowest BCUT2D eigenvalue weighted by Crippen LogP contribution is -2.48. The van der Waals surface area contributed by atoms with Gasteiger partial charge in [-0.3, -0.25) is 4.79 Å². The molecule has 1 amide bonds. The molecule has 0 saturated carbocycles. The highest BCUT2D eigenvalue weighted by molar-refractivity contribution is 7.89. The summed E-state index contributed by atoms with van der Waals surface area (Å²) in [6.07, 6.45) is 0.976. The number of nitrogens with one attached hydrogen (secondary N) is 1. The third-order valence-electron chi connectivity index (χ3n) is 6.56. The number of ether oxygens (including phenoxy) is 1. The number of nitrogens with zero attached hydrogens (tertiary/aromatic N) is 2. The normalized spacial score (nSPS) is 14.9. The molecule has 1 atom stereocenters. The number of hydrogen-bond acceptors (Lipinski definition) is 5.